The largest absolute Gasteiger partial charge is 0.506 e. The van der Waals surface area contributed by atoms with Gasteiger partial charge in [-0.2, -0.15) is 0 Å². The molecular weight excluding hydrogens is 829 g/mol. The molecule has 2 aromatic carbocycles. The molecule has 5 aromatic heterocycles. The molecule has 9 rings (SSSR count). The third-order valence-electron chi connectivity index (χ3n) is 10.7. The summed E-state index contributed by atoms with van der Waals surface area (Å²) in [5, 5.41) is 20.9. The summed E-state index contributed by atoms with van der Waals surface area (Å²) < 4.78 is 7.43. The van der Waals surface area contributed by atoms with Crippen molar-refractivity contribution >= 4 is 130 Å². The lowest BCUT2D eigenvalue weighted by atomic mass is 9.83. The van der Waals surface area contributed by atoms with E-state index in [9.17, 15) is 9.90 Å². The van der Waals surface area contributed by atoms with E-state index < -0.39 is 0 Å². The van der Waals surface area contributed by atoms with Crippen LogP contribution in [0.1, 0.15) is 82.1 Å². The van der Waals surface area contributed by atoms with E-state index in [4.69, 9.17) is 0 Å². The maximum atomic E-state index is 14.8. The van der Waals surface area contributed by atoms with E-state index in [1.807, 2.05) is 0 Å². The number of carbonyl (C=O) groups excluding carboxylic acids is 1. The van der Waals surface area contributed by atoms with Gasteiger partial charge >= 0.3 is 0 Å². The minimum absolute atomic E-state index is 0.0466. The van der Waals surface area contributed by atoms with Gasteiger partial charge in [0.1, 0.15) is 15.8 Å². The van der Waals surface area contributed by atoms with Crippen molar-refractivity contribution in [1.29, 1.82) is 0 Å². The van der Waals surface area contributed by atoms with E-state index in [1.54, 1.807) is 68.4 Å². The Kier molecular flexibility index (Phi) is 12.0. The van der Waals surface area contributed by atoms with Crippen LogP contribution in [0.5, 0.6) is 0 Å². The highest BCUT2D eigenvalue weighted by Crippen LogP contribution is 2.53. The number of thioether (sulfide) groups is 1. The smallest absolute Gasteiger partial charge is 0.270 e. The van der Waals surface area contributed by atoms with Crippen LogP contribution in [0, 0.1) is 0 Å². The van der Waals surface area contributed by atoms with Gasteiger partial charge in [0.05, 0.1) is 20.5 Å². The van der Waals surface area contributed by atoms with Gasteiger partial charge in [0.25, 0.3) is 10.0 Å². The first-order valence-electron chi connectivity index (χ1n) is 20.3. The lowest BCUT2D eigenvalue weighted by molar-refractivity contribution is -0.111. The highest BCUT2D eigenvalue weighted by atomic mass is 32.2. The number of fused-ring (bicyclic) bond motifs is 2. The second-order valence-corrected chi connectivity index (χ2v) is 20.8. The first-order chi connectivity index (χ1) is 28.5. The van der Waals surface area contributed by atoms with Crippen molar-refractivity contribution in [2.24, 2.45) is 0 Å². The molecular formula is C48H45N2O2S6+. The van der Waals surface area contributed by atoms with Crippen molar-refractivity contribution in [3.05, 3.63) is 140 Å². The fourth-order valence-corrected chi connectivity index (χ4v) is 14.7. The molecule has 4 nitrogen and oxygen atoms in total. The molecule has 294 valence electrons. The van der Waals surface area contributed by atoms with Gasteiger partial charge in [0.2, 0.25) is 11.5 Å². The Balaban J connectivity index is 1.15. The average molecular weight is 874 g/mol. The van der Waals surface area contributed by atoms with E-state index >= 15 is 0 Å². The third kappa shape index (κ3) is 7.75. The molecule has 2 aliphatic rings. The van der Waals surface area contributed by atoms with Gasteiger partial charge in [0.15, 0.2) is 0 Å². The summed E-state index contributed by atoms with van der Waals surface area (Å²) >= 11 is 10.4. The minimum Gasteiger partial charge on any atom is -0.506 e. The van der Waals surface area contributed by atoms with E-state index in [0.717, 1.165) is 104 Å². The zero-order valence-electron chi connectivity index (χ0n) is 32.7. The SMILES string of the molecule is CCCCCCC1=CC(=[N+](/c2ccccc2)c2cc3sccc3s2)/S/C1=C1\C(=O)C(c2sc(N(c3ccccc3)c3cc4sccc4s3)cc2CCCCCC)=C1O. The Hall–Kier alpha value is -4.03. The minimum atomic E-state index is -0.0466. The van der Waals surface area contributed by atoms with Crippen LogP contribution < -0.4 is 9.48 Å². The fourth-order valence-electron chi connectivity index (χ4n) is 7.76. The van der Waals surface area contributed by atoms with Crippen molar-refractivity contribution < 1.29 is 9.90 Å². The van der Waals surface area contributed by atoms with Crippen molar-refractivity contribution in [1.82, 2.24) is 4.58 Å². The number of anilines is 3. The van der Waals surface area contributed by atoms with E-state index in [1.165, 1.54) is 31.6 Å². The number of unbranched alkanes of at least 4 members (excludes halogenated alkanes) is 6. The molecule has 6 heterocycles. The molecule has 1 aliphatic carbocycles. The number of nitrogens with zero attached hydrogens (tertiary/aromatic N) is 2. The summed E-state index contributed by atoms with van der Waals surface area (Å²) in [5.74, 6) is 0.0944. The number of carbonyl (C=O) groups is 1. The zero-order valence-corrected chi connectivity index (χ0v) is 37.6. The number of rotatable bonds is 16. The second-order valence-electron chi connectivity index (χ2n) is 14.7. The van der Waals surface area contributed by atoms with Crippen LogP contribution >= 0.6 is 68.4 Å². The van der Waals surface area contributed by atoms with Crippen LogP contribution in [-0.4, -0.2) is 15.9 Å². The molecule has 58 heavy (non-hydrogen) atoms. The molecule has 0 radical (unpaired) electrons. The number of hydrogen-bond donors (Lipinski definition) is 1. The number of aliphatic hydroxyl groups is 1. The molecule has 0 saturated heterocycles. The van der Waals surface area contributed by atoms with Gasteiger partial charge in [-0.3, -0.25) is 9.69 Å². The quantitative estimate of drug-likeness (QED) is 0.0597. The molecule has 0 bridgehead atoms. The Morgan fingerprint density at radius 3 is 1.98 bits per heavy atom. The van der Waals surface area contributed by atoms with Crippen LogP contribution in [-0.2, 0) is 11.2 Å². The molecule has 0 spiro atoms. The van der Waals surface area contributed by atoms with E-state index in [2.05, 4.69) is 131 Å². The Labute approximate surface area is 364 Å². The van der Waals surface area contributed by atoms with Crippen molar-refractivity contribution in [2.75, 3.05) is 4.90 Å². The van der Waals surface area contributed by atoms with Crippen LogP contribution in [0.2, 0.25) is 0 Å². The number of ketones is 1. The predicted molar refractivity (Wildman–Crippen MR) is 259 cm³/mol. The molecule has 0 fully saturated rings. The summed E-state index contributed by atoms with van der Waals surface area (Å²) in [7, 11) is 0. The lowest BCUT2D eigenvalue weighted by Crippen LogP contribution is -2.23. The van der Waals surface area contributed by atoms with Crippen LogP contribution in [0.3, 0.4) is 0 Å². The first kappa shape index (κ1) is 39.4. The van der Waals surface area contributed by atoms with E-state index in [-0.39, 0.29) is 11.5 Å². The normalized spacial score (nSPS) is 16.5. The zero-order chi connectivity index (χ0) is 39.6. The Bertz CT molecular complexity index is 2660. The number of allylic oxidation sites excluding steroid dienone is 3. The molecule has 0 amide bonds. The van der Waals surface area contributed by atoms with Gasteiger partial charge in [-0.15, -0.1) is 49.9 Å². The van der Waals surface area contributed by atoms with E-state index in [0.29, 0.717) is 11.1 Å². The number of aryl methyl sites for hydroxylation is 1. The Morgan fingerprint density at radius 2 is 1.31 bits per heavy atom. The highest BCUT2D eigenvalue weighted by molar-refractivity contribution is 8.18. The van der Waals surface area contributed by atoms with Crippen molar-refractivity contribution in [3.63, 3.8) is 0 Å². The van der Waals surface area contributed by atoms with Gasteiger partial charge in [-0.1, -0.05) is 100 Å². The molecule has 10 heteroatoms. The van der Waals surface area contributed by atoms with Crippen LogP contribution in [0.25, 0.3) is 24.4 Å². The summed E-state index contributed by atoms with van der Waals surface area (Å²) in [4.78, 5) is 18.9. The van der Waals surface area contributed by atoms with Crippen molar-refractivity contribution in [3.8, 4) is 0 Å². The third-order valence-corrected chi connectivity index (χ3v) is 17.3. The van der Waals surface area contributed by atoms with Crippen molar-refractivity contribution in [2.45, 2.75) is 78.1 Å². The monoisotopic (exact) mass is 873 g/mol. The number of thiophene rings is 5. The average Bonchev–Trinajstić information content (AvgIpc) is 4.10. The number of Topliss-reactive ketones (excluding diaryl/α,β-unsaturated/α-hetero) is 1. The number of aliphatic hydroxyl groups excluding tert-OH is 1. The summed E-state index contributed by atoms with van der Waals surface area (Å²) in [6.07, 6.45) is 13.1. The van der Waals surface area contributed by atoms with Gasteiger partial charge in [-0.25, -0.2) is 0 Å². The van der Waals surface area contributed by atoms with Crippen LogP contribution in [0.15, 0.2) is 130 Å². The number of benzene rings is 2. The second kappa shape index (κ2) is 17.7. The standard InChI is InChI=1S/C48H44N2O2S6/c1-3-5-7-11-17-31-27-39(49(33-19-13-9-14-20-33)41-29-37-35(55-41)23-25-53-37)57-47(31)43-45(51)44(46(43)52)48-32(18-12-8-6-4-2)28-40(58-48)50(34-21-15-10-16-22-34)42-30-38-36(56-42)24-26-54-38/h9-10,13-16,19-30H,3-8,11-12,17-18H2,1-2H3/p+1. The fraction of sp³-hybridized carbons (Fsp3) is 0.250. The summed E-state index contributed by atoms with van der Waals surface area (Å²) in [6, 6.07) is 32.3. The molecule has 0 unspecified atom stereocenters. The maximum absolute atomic E-state index is 14.8. The predicted octanol–water partition coefficient (Wildman–Crippen LogP) is 16.6. The molecule has 7 aromatic rings. The van der Waals surface area contributed by atoms with Gasteiger partial charge in [0, 0.05) is 49.1 Å². The number of para-hydroxylation sites is 2. The Morgan fingerprint density at radius 1 is 0.655 bits per heavy atom. The molecule has 0 saturated carbocycles. The van der Waals surface area contributed by atoms with Gasteiger partial charge < -0.3 is 5.11 Å². The summed E-state index contributed by atoms with van der Waals surface area (Å²) in [6.45, 7) is 4.47. The first-order valence-corrected chi connectivity index (χ1v) is 25.3. The molecule has 1 N–H and O–H groups in total. The van der Waals surface area contributed by atoms with Crippen LogP contribution in [0.4, 0.5) is 26.4 Å². The summed E-state index contributed by atoms with van der Waals surface area (Å²) in [5.41, 5.74) is 5.40. The number of hydrogen-bond acceptors (Lipinski definition) is 9. The highest BCUT2D eigenvalue weighted by Gasteiger charge is 2.43. The maximum Gasteiger partial charge on any atom is 0.270 e. The molecule has 1 aliphatic heterocycles. The lowest BCUT2D eigenvalue weighted by Gasteiger charge is -2.24. The van der Waals surface area contributed by atoms with Gasteiger partial charge in [-0.05, 0) is 95.7 Å². The topological polar surface area (TPSA) is 43.5 Å². The molecule has 0 atom stereocenters.